The zero-order valence-corrected chi connectivity index (χ0v) is 10.2. The second kappa shape index (κ2) is 4.04. The van der Waals surface area contributed by atoms with Crippen molar-refractivity contribution in [3.8, 4) is 17.2 Å². The topological polar surface area (TPSA) is 65.0 Å². The van der Waals surface area contributed by atoms with Crippen molar-refractivity contribution in [3.05, 3.63) is 17.4 Å². The summed E-state index contributed by atoms with van der Waals surface area (Å²) in [4.78, 5) is 11.8. The first kappa shape index (κ1) is 12.5. The number of phenolic OH excluding ortho intramolecular Hbond substituents is 1. The lowest BCUT2D eigenvalue weighted by atomic mass is 10.1. The van der Waals surface area contributed by atoms with E-state index in [4.69, 9.17) is 14.2 Å². The Bertz CT molecular complexity index is 510. The zero-order valence-electron chi connectivity index (χ0n) is 10.2. The van der Waals surface area contributed by atoms with E-state index in [0.717, 1.165) is 6.07 Å². The maximum absolute atomic E-state index is 13.5. The summed E-state index contributed by atoms with van der Waals surface area (Å²) in [6, 6.07) is 0.931. The van der Waals surface area contributed by atoms with Gasteiger partial charge in [-0.25, -0.2) is 9.18 Å². The van der Waals surface area contributed by atoms with Crippen LogP contribution in [0.2, 0.25) is 0 Å². The second-order valence-electron chi connectivity index (χ2n) is 4.23. The molecule has 1 aromatic carbocycles. The third-order valence-electron chi connectivity index (χ3n) is 2.36. The van der Waals surface area contributed by atoms with Crippen LogP contribution in [0.25, 0.3) is 0 Å². The van der Waals surface area contributed by atoms with Crippen LogP contribution in [0.5, 0.6) is 17.2 Å². The SMILES string of the molecule is CCOc1cc(F)c(O)c2c1C(=O)OC(C)(C)O2. The molecule has 2 rings (SSSR count). The number of aromatic hydroxyl groups is 1. The first-order valence-corrected chi connectivity index (χ1v) is 5.46. The van der Waals surface area contributed by atoms with Crippen molar-refractivity contribution >= 4 is 5.97 Å². The number of phenols is 1. The van der Waals surface area contributed by atoms with E-state index < -0.39 is 23.3 Å². The summed E-state index contributed by atoms with van der Waals surface area (Å²) in [6.07, 6.45) is 0. The van der Waals surface area contributed by atoms with Gasteiger partial charge in [0.15, 0.2) is 17.3 Å². The molecule has 1 aromatic rings. The number of halogens is 1. The molecule has 0 saturated heterocycles. The van der Waals surface area contributed by atoms with E-state index in [1.54, 1.807) is 6.92 Å². The van der Waals surface area contributed by atoms with Gasteiger partial charge in [-0.3, -0.25) is 0 Å². The van der Waals surface area contributed by atoms with Gasteiger partial charge < -0.3 is 19.3 Å². The number of ether oxygens (including phenoxy) is 3. The highest BCUT2D eigenvalue weighted by atomic mass is 19.1. The molecule has 0 bridgehead atoms. The Hall–Kier alpha value is -1.98. The molecular weight excluding hydrogens is 243 g/mol. The number of hydrogen-bond acceptors (Lipinski definition) is 5. The van der Waals surface area contributed by atoms with Crippen LogP contribution < -0.4 is 9.47 Å². The minimum atomic E-state index is -1.27. The van der Waals surface area contributed by atoms with Crippen molar-refractivity contribution in [1.29, 1.82) is 0 Å². The number of hydrogen-bond donors (Lipinski definition) is 1. The van der Waals surface area contributed by atoms with Gasteiger partial charge in [-0.05, 0) is 6.92 Å². The smallest absolute Gasteiger partial charge is 0.349 e. The van der Waals surface area contributed by atoms with E-state index in [-0.39, 0.29) is 23.7 Å². The molecule has 0 spiro atoms. The van der Waals surface area contributed by atoms with Gasteiger partial charge in [0.1, 0.15) is 11.3 Å². The fourth-order valence-electron chi connectivity index (χ4n) is 1.70. The first-order valence-electron chi connectivity index (χ1n) is 5.46. The number of fused-ring (bicyclic) bond motifs is 1. The lowest BCUT2D eigenvalue weighted by Crippen LogP contribution is -2.39. The maximum atomic E-state index is 13.5. The molecule has 98 valence electrons. The Labute approximate surface area is 103 Å². The molecular formula is C12H13FO5. The van der Waals surface area contributed by atoms with Crippen LogP contribution in [0, 0.1) is 5.82 Å². The molecule has 0 atom stereocenters. The van der Waals surface area contributed by atoms with E-state index in [0.29, 0.717) is 0 Å². The van der Waals surface area contributed by atoms with Gasteiger partial charge in [0, 0.05) is 19.9 Å². The number of carbonyl (C=O) groups is 1. The Morgan fingerprint density at radius 3 is 2.72 bits per heavy atom. The molecule has 6 heteroatoms. The van der Waals surface area contributed by atoms with Gasteiger partial charge in [-0.15, -0.1) is 0 Å². The lowest BCUT2D eigenvalue weighted by Gasteiger charge is -2.32. The molecule has 0 aliphatic carbocycles. The summed E-state index contributed by atoms with van der Waals surface area (Å²) in [5.74, 6) is -3.89. The quantitative estimate of drug-likeness (QED) is 0.822. The molecule has 0 aromatic heterocycles. The van der Waals surface area contributed by atoms with Gasteiger partial charge in [-0.1, -0.05) is 0 Å². The second-order valence-corrected chi connectivity index (χ2v) is 4.23. The first-order chi connectivity index (χ1) is 8.35. The Balaban J connectivity index is 2.64. The minimum absolute atomic E-state index is 0.0108. The highest BCUT2D eigenvalue weighted by Gasteiger charge is 2.39. The standard InChI is InChI=1S/C12H13FO5/c1-4-16-7-5-6(13)9(14)10-8(7)11(15)18-12(2,3)17-10/h5,14H,4H2,1-3H3. The number of carbonyl (C=O) groups excluding carboxylic acids is 1. The Morgan fingerprint density at radius 1 is 1.44 bits per heavy atom. The van der Waals surface area contributed by atoms with Crippen LogP contribution in [0.1, 0.15) is 31.1 Å². The molecule has 0 saturated carbocycles. The van der Waals surface area contributed by atoms with Crippen molar-refractivity contribution in [2.75, 3.05) is 6.61 Å². The average molecular weight is 256 g/mol. The van der Waals surface area contributed by atoms with Gasteiger partial charge >= 0.3 is 5.97 Å². The van der Waals surface area contributed by atoms with Crippen LogP contribution in [0.4, 0.5) is 4.39 Å². The van der Waals surface area contributed by atoms with E-state index >= 15 is 0 Å². The fraction of sp³-hybridized carbons (Fsp3) is 0.417. The van der Waals surface area contributed by atoms with Gasteiger partial charge in [-0.2, -0.15) is 0 Å². The third kappa shape index (κ3) is 1.94. The number of cyclic esters (lactones) is 1. The van der Waals surface area contributed by atoms with Crippen LogP contribution >= 0.6 is 0 Å². The molecule has 18 heavy (non-hydrogen) atoms. The monoisotopic (exact) mass is 256 g/mol. The van der Waals surface area contributed by atoms with Crippen molar-refractivity contribution in [2.45, 2.75) is 26.6 Å². The average Bonchev–Trinajstić information content (AvgIpc) is 2.23. The molecule has 0 fully saturated rings. The van der Waals surface area contributed by atoms with E-state index in [1.165, 1.54) is 13.8 Å². The molecule has 1 heterocycles. The summed E-state index contributed by atoms with van der Waals surface area (Å²) in [6.45, 7) is 4.90. The molecule has 1 N–H and O–H groups in total. The van der Waals surface area contributed by atoms with Gasteiger partial charge in [0.2, 0.25) is 5.79 Å². The summed E-state index contributed by atoms with van der Waals surface area (Å²) in [7, 11) is 0. The normalized spacial score (nSPS) is 16.6. The number of benzene rings is 1. The van der Waals surface area contributed by atoms with E-state index in [9.17, 15) is 14.3 Å². The molecule has 1 aliphatic heterocycles. The summed E-state index contributed by atoms with van der Waals surface area (Å²) in [5, 5.41) is 9.62. The number of rotatable bonds is 2. The molecule has 0 unspecified atom stereocenters. The summed E-state index contributed by atoms with van der Waals surface area (Å²) >= 11 is 0. The van der Waals surface area contributed by atoms with Gasteiger partial charge in [0.25, 0.3) is 0 Å². The maximum Gasteiger partial charge on any atom is 0.349 e. The van der Waals surface area contributed by atoms with Crippen LogP contribution in [0.3, 0.4) is 0 Å². The zero-order chi connectivity index (χ0) is 13.5. The van der Waals surface area contributed by atoms with Crippen molar-refractivity contribution in [2.24, 2.45) is 0 Å². The summed E-state index contributed by atoms with van der Waals surface area (Å²) < 4.78 is 28.9. The lowest BCUT2D eigenvalue weighted by molar-refractivity contribution is -0.128. The highest BCUT2D eigenvalue weighted by Crippen LogP contribution is 2.44. The van der Waals surface area contributed by atoms with Crippen LogP contribution in [-0.4, -0.2) is 23.5 Å². The molecule has 0 amide bonds. The van der Waals surface area contributed by atoms with Crippen molar-refractivity contribution in [3.63, 3.8) is 0 Å². The molecule has 0 radical (unpaired) electrons. The van der Waals surface area contributed by atoms with Crippen LogP contribution in [-0.2, 0) is 4.74 Å². The van der Waals surface area contributed by atoms with Crippen molar-refractivity contribution < 1.29 is 28.5 Å². The fourth-order valence-corrected chi connectivity index (χ4v) is 1.70. The Kier molecular flexibility index (Phi) is 2.80. The Morgan fingerprint density at radius 2 is 2.11 bits per heavy atom. The predicted octanol–water partition coefficient (Wildman–Crippen LogP) is 2.22. The third-order valence-corrected chi connectivity index (χ3v) is 2.36. The van der Waals surface area contributed by atoms with E-state index in [1.807, 2.05) is 0 Å². The van der Waals surface area contributed by atoms with E-state index in [2.05, 4.69) is 0 Å². The highest BCUT2D eigenvalue weighted by molar-refractivity contribution is 5.97. The summed E-state index contributed by atoms with van der Waals surface area (Å²) in [5.41, 5.74) is -0.102. The van der Waals surface area contributed by atoms with Gasteiger partial charge in [0.05, 0.1) is 6.61 Å². The largest absolute Gasteiger partial charge is 0.502 e. The molecule has 1 aliphatic rings. The number of esters is 1. The predicted molar refractivity (Wildman–Crippen MR) is 59.4 cm³/mol. The van der Waals surface area contributed by atoms with Crippen LogP contribution in [0.15, 0.2) is 6.07 Å². The van der Waals surface area contributed by atoms with Crippen molar-refractivity contribution in [1.82, 2.24) is 0 Å². The molecule has 5 nitrogen and oxygen atoms in total. The minimum Gasteiger partial charge on any atom is -0.502 e.